The maximum absolute atomic E-state index is 14.3. The molecule has 5 aromatic rings. The van der Waals surface area contributed by atoms with Gasteiger partial charge in [-0.3, -0.25) is 9.36 Å². The molecule has 5 rings (SSSR count). The molecule has 4 aromatic carbocycles. The molecule has 0 saturated carbocycles. The summed E-state index contributed by atoms with van der Waals surface area (Å²) in [6.45, 7) is 1.83. The zero-order valence-electron chi connectivity index (χ0n) is 24.8. The lowest BCUT2D eigenvalue weighted by Crippen LogP contribution is -2.27. The molecule has 226 valence electrons. The summed E-state index contributed by atoms with van der Waals surface area (Å²) in [4.78, 5) is 27.8. The molecule has 0 amide bonds. The summed E-state index contributed by atoms with van der Waals surface area (Å²) in [5.41, 5.74) is 9.81. The number of pyridine rings is 1. The second kappa shape index (κ2) is 12.8. The molecule has 1 aromatic heterocycles. The second-order valence-electron chi connectivity index (χ2n) is 9.94. The number of carbonyl (C=O) groups is 1. The van der Waals surface area contributed by atoms with Gasteiger partial charge in [-0.2, -0.15) is 0 Å². The molecule has 0 aliphatic heterocycles. The van der Waals surface area contributed by atoms with Crippen molar-refractivity contribution in [3.8, 4) is 34.1 Å². The molecule has 10 heteroatoms. The quantitative estimate of drug-likeness (QED) is 0.112. The molecule has 0 radical (unpaired) electrons. The molecule has 0 saturated heterocycles. The third kappa shape index (κ3) is 5.62. The number of rotatable bonds is 10. The SMILES string of the molecule is COC(=O)c1c(-c2cc(OC)c(C)c(OC)c2)c2ccc(OCc3ccccc3NCO)cc2c(=O)n1-c1ccc(N)cc1. The zero-order valence-corrected chi connectivity index (χ0v) is 24.8. The number of nitrogens with two attached hydrogens (primary N) is 1. The zero-order chi connectivity index (χ0) is 31.4. The Hall–Kier alpha value is -5.48. The number of carbonyl (C=O) groups excluding carboxylic acids is 1. The molecule has 0 aliphatic rings. The normalized spacial score (nSPS) is 10.8. The molecule has 0 bridgehead atoms. The summed E-state index contributed by atoms with van der Waals surface area (Å²) in [6, 6.07) is 22.8. The molecule has 1 heterocycles. The highest BCUT2D eigenvalue weighted by molar-refractivity contribution is 6.07. The lowest BCUT2D eigenvalue weighted by Gasteiger charge is -2.21. The number of hydrogen-bond acceptors (Lipinski definition) is 9. The average Bonchev–Trinajstić information content (AvgIpc) is 3.05. The van der Waals surface area contributed by atoms with Gasteiger partial charge < -0.3 is 35.1 Å². The fourth-order valence-electron chi connectivity index (χ4n) is 5.22. The first-order valence-electron chi connectivity index (χ1n) is 13.8. The summed E-state index contributed by atoms with van der Waals surface area (Å²) in [5.74, 6) is 0.822. The number of aliphatic hydroxyl groups is 1. The number of fused-ring (bicyclic) bond motifs is 1. The lowest BCUT2D eigenvalue weighted by molar-refractivity contribution is 0.0591. The minimum absolute atomic E-state index is 0.0282. The van der Waals surface area contributed by atoms with E-state index in [1.165, 1.54) is 11.7 Å². The average molecular weight is 596 g/mol. The topological polar surface area (TPSA) is 134 Å². The van der Waals surface area contributed by atoms with Crippen molar-refractivity contribution in [2.45, 2.75) is 13.5 Å². The third-order valence-electron chi connectivity index (χ3n) is 7.41. The number of nitrogen functional groups attached to an aromatic ring is 1. The predicted molar refractivity (Wildman–Crippen MR) is 170 cm³/mol. The van der Waals surface area contributed by atoms with Gasteiger partial charge in [-0.1, -0.05) is 18.2 Å². The van der Waals surface area contributed by atoms with Crippen LogP contribution in [0.3, 0.4) is 0 Å². The van der Waals surface area contributed by atoms with Crippen LogP contribution in [0.15, 0.2) is 83.7 Å². The number of anilines is 2. The number of para-hydroxylation sites is 1. The number of hydrogen-bond donors (Lipinski definition) is 3. The summed E-state index contributed by atoms with van der Waals surface area (Å²) < 4.78 is 24.0. The van der Waals surface area contributed by atoms with Crippen LogP contribution in [-0.4, -0.2) is 43.7 Å². The molecule has 44 heavy (non-hydrogen) atoms. The number of methoxy groups -OCH3 is 3. The number of ether oxygens (including phenoxy) is 4. The summed E-state index contributed by atoms with van der Waals surface area (Å²) >= 11 is 0. The first kappa shape index (κ1) is 30.0. The second-order valence-corrected chi connectivity index (χ2v) is 9.94. The van der Waals surface area contributed by atoms with Crippen molar-refractivity contribution in [1.82, 2.24) is 4.57 Å². The number of nitrogens with zero attached hydrogens (tertiary/aromatic N) is 1. The Morgan fingerprint density at radius 1 is 0.909 bits per heavy atom. The van der Waals surface area contributed by atoms with Crippen LogP contribution in [-0.2, 0) is 11.3 Å². The number of nitrogens with one attached hydrogen (secondary N) is 1. The van der Waals surface area contributed by atoms with Gasteiger partial charge in [-0.15, -0.1) is 0 Å². The van der Waals surface area contributed by atoms with Gasteiger partial charge in [-0.25, -0.2) is 4.79 Å². The molecule has 0 unspecified atom stereocenters. The minimum atomic E-state index is -0.706. The van der Waals surface area contributed by atoms with E-state index in [0.717, 1.165) is 16.8 Å². The van der Waals surface area contributed by atoms with E-state index in [1.54, 1.807) is 68.8 Å². The molecule has 0 atom stereocenters. The van der Waals surface area contributed by atoms with E-state index < -0.39 is 11.5 Å². The van der Waals surface area contributed by atoms with Crippen LogP contribution >= 0.6 is 0 Å². The van der Waals surface area contributed by atoms with Crippen LogP contribution in [0.25, 0.3) is 27.6 Å². The molecule has 0 fully saturated rings. The number of benzene rings is 4. The Labute approximate surface area is 254 Å². The van der Waals surface area contributed by atoms with Gasteiger partial charge in [0.2, 0.25) is 0 Å². The van der Waals surface area contributed by atoms with Crippen molar-refractivity contribution in [2.24, 2.45) is 0 Å². The Balaban J connectivity index is 1.80. The van der Waals surface area contributed by atoms with Crippen LogP contribution in [0.2, 0.25) is 0 Å². The van der Waals surface area contributed by atoms with Crippen LogP contribution in [0, 0.1) is 6.92 Å². The molecular formula is C34H33N3O7. The van der Waals surface area contributed by atoms with Crippen LogP contribution in [0.4, 0.5) is 11.4 Å². The van der Waals surface area contributed by atoms with Gasteiger partial charge in [0.15, 0.2) is 0 Å². The first-order chi connectivity index (χ1) is 21.3. The van der Waals surface area contributed by atoms with Crippen molar-refractivity contribution >= 4 is 28.1 Å². The fraction of sp³-hybridized carbons (Fsp3) is 0.176. The largest absolute Gasteiger partial charge is 0.496 e. The monoisotopic (exact) mass is 595 g/mol. The van der Waals surface area contributed by atoms with E-state index in [0.29, 0.717) is 50.5 Å². The molecule has 10 nitrogen and oxygen atoms in total. The minimum Gasteiger partial charge on any atom is -0.496 e. The van der Waals surface area contributed by atoms with E-state index in [4.69, 9.17) is 24.7 Å². The smallest absolute Gasteiger partial charge is 0.355 e. The van der Waals surface area contributed by atoms with E-state index in [1.807, 2.05) is 31.2 Å². The van der Waals surface area contributed by atoms with Crippen LogP contribution < -0.4 is 30.8 Å². The molecule has 0 spiro atoms. The van der Waals surface area contributed by atoms with Gasteiger partial charge in [-0.05, 0) is 78.5 Å². The summed E-state index contributed by atoms with van der Waals surface area (Å²) in [6.07, 6.45) is 0. The van der Waals surface area contributed by atoms with Crippen molar-refractivity contribution in [1.29, 1.82) is 0 Å². The Bertz CT molecular complexity index is 1870. The molecular weight excluding hydrogens is 562 g/mol. The number of aromatic nitrogens is 1. The van der Waals surface area contributed by atoms with Gasteiger partial charge in [0.25, 0.3) is 5.56 Å². The Morgan fingerprint density at radius 2 is 1.59 bits per heavy atom. The summed E-state index contributed by atoms with van der Waals surface area (Å²) in [7, 11) is 4.38. The molecule has 4 N–H and O–H groups in total. The van der Waals surface area contributed by atoms with Crippen molar-refractivity contribution < 1.29 is 28.8 Å². The first-order valence-corrected chi connectivity index (χ1v) is 13.8. The lowest BCUT2D eigenvalue weighted by atomic mass is 9.94. The highest BCUT2D eigenvalue weighted by atomic mass is 16.5. The fourth-order valence-corrected chi connectivity index (χ4v) is 5.22. The third-order valence-corrected chi connectivity index (χ3v) is 7.41. The van der Waals surface area contributed by atoms with Gasteiger partial charge in [0, 0.05) is 33.8 Å². The van der Waals surface area contributed by atoms with Crippen molar-refractivity contribution in [2.75, 3.05) is 39.1 Å². The summed E-state index contributed by atoms with van der Waals surface area (Å²) in [5, 5.41) is 13.1. The van der Waals surface area contributed by atoms with Gasteiger partial charge in [0.1, 0.15) is 36.3 Å². The van der Waals surface area contributed by atoms with E-state index in [9.17, 15) is 14.7 Å². The van der Waals surface area contributed by atoms with Gasteiger partial charge >= 0.3 is 5.97 Å². The highest BCUT2D eigenvalue weighted by Crippen LogP contribution is 2.40. The number of aliphatic hydroxyl groups excluding tert-OH is 1. The Morgan fingerprint density at radius 3 is 2.23 bits per heavy atom. The van der Waals surface area contributed by atoms with E-state index >= 15 is 0 Å². The standard InChI is InChI=1S/C34H33N3O7/c1-20-29(41-2)15-22(16-30(20)42-3)31-26-14-13-25(44-18-21-7-5-6-8-28(21)36-19-38)17-27(26)33(39)37(32(31)34(40)43-4)24-11-9-23(35)10-12-24/h5-17,36,38H,18-19,35H2,1-4H3. The maximum Gasteiger partial charge on any atom is 0.355 e. The molecule has 0 aliphatic carbocycles. The van der Waals surface area contributed by atoms with E-state index in [2.05, 4.69) is 5.32 Å². The van der Waals surface area contributed by atoms with Crippen LogP contribution in [0.5, 0.6) is 17.2 Å². The van der Waals surface area contributed by atoms with Gasteiger partial charge in [0.05, 0.1) is 26.7 Å². The van der Waals surface area contributed by atoms with Crippen molar-refractivity contribution in [3.05, 3.63) is 106 Å². The maximum atomic E-state index is 14.3. The van der Waals surface area contributed by atoms with E-state index in [-0.39, 0.29) is 19.0 Å². The van der Waals surface area contributed by atoms with Crippen molar-refractivity contribution in [3.63, 3.8) is 0 Å². The predicted octanol–water partition coefficient (Wildman–Crippen LogP) is 5.29. The number of esters is 1. The Kier molecular flexibility index (Phi) is 8.73. The van der Waals surface area contributed by atoms with Crippen LogP contribution in [0.1, 0.15) is 21.6 Å². The highest BCUT2D eigenvalue weighted by Gasteiger charge is 2.26.